The molecule has 0 fully saturated rings. The number of hydrogen-bond acceptors (Lipinski definition) is 5. The number of methoxy groups -OCH3 is 1. The third-order valence-electron chi connectivity index (χ3n) is 3.98. The van der Waals surface area contributed by atoms with Crippen LogP contribution in [0.3, 0.4) is 0 Å². The van der Waals surface area contributed by atoms with Gasteiger partial charge in [-0.05, 0) is 35.9 Å². The molecule has 7 nitrogen and oxygen atoms in total. The third kappa shape index (κ3) is 4.52. The summed E-state index contributed by atoms with van der Waals surface area (Å²) in [7, 11) is 5.57. The monoisotopic (exact) mass is 363 g/mol. The molecule has 0 saturated carbocycles. The molecule has 0 spiro atoms. The lowest BCUT2D eigenvalue weighted by atomic mass is 10.1. The molecule has 7 heteroatoms. The van der Waals surface area contributed by atoms with E-state index in [4.69, 9.17) is 4.74 Å². The maximum absolute atomic E-state index is 12.2. The van der Waals surface area contributed by atoms with Gasteiger partial charge < -0.3 is 9.64 Å². The van der Waals surface area contributed by atoms with Crippen molar-refractivity contribution in [2.75, 3.05) is 26.1 Å². The van der Waals surface area contributed by atoms with E-state index in [1.54, 1.807) is 19.4 Å². The van der Waals surface area contributed by atoms with Gasteiger partial charge in [0.05, 0.1) is 19.0 Å². The molecule has 138 valence electrons. The number of aromatic nitrogens is 2. The number of carbonyl (C=O) groups excluding carboxylic acids is 1. The van der Waals surface area contributed by atoms with E-state index in [9.17, 15) is 4.79 Å². The van der Waals surface area contributed by atoms with Gasteiger partial charge in [0.1, 0.15) is 11.4 Å². The maximum Gasteiger partial charge on any atom is 0.289 e. The average Bonchev–Trinajstić information content (AvgIpc) is 3.19. The molecular formula is C20H21N5O2. The lowest BCUT2D eigenvalue weighted by Crippen LogP contribution is -2.18. The topological polar surface area (TPSA) is 82.6 Å². The standard InChI is InChI=1S/C20H21N5O2/c1-25(2)16-9-7-14(8-10-16)13-21-24-20(26)19-12-18(22-23-19)15-5-4-6-17(11-15)27-3/h4-13H,1-3H3,(H,22,23)(H,24,26)/b21-13-. The summed E-state index contributed by atoms with van der Waals surface area (Å²) in [5.41, 5.74) is 6.32. The average molecular weight is 363 g/mol. The van der Waals surface area contributed by atoms with Crippen molar-refractivity contribution < 1.29 is 9.53 Å². The Bertz CT molecular complexity index is 945. The van der Waals surface area contributed by atoms with E-state index in [0.717, 1.165) is 22.6 Å². The first-order chi connectivity index (χ1) is 13.1. The molecule has 3 aromatic rings. The minimum Gasteiger partial charge on any atom is -0.497 e. The minimum absolute atomic E-state index is 0.327. The Morgan fingerprint density at radius 1 is 1.19 bits per heavy atom. The lowest BCUT2D eigenvalue weighted by Gasteiger charge is -2.11. The SMILES string of the molecule is COc1cccc(-c2cc(C(=O)N/N=C\c3ccc(N(C)C)cc3)[nH]n2)c1. The predicted molar refractivity (Wildman–Crippen MR) is 106 cm³/mol. The van der Waals surface area contributed by atoms with Gasteiger partial charge in [-0.2, -0.15) is 10.2 Å². The van der Waals surface area contributed by atoms with Crippen molar-refractivity contribution in [3.05, 3.63) is 65.9 Å². The number of nitrogens with zero attached hydrogens (tertiary/aromatic N) is 3. The fraction of sp³-hybridized carbons (Fsp3) is 0.150. The van der Waals surface area contributed by atoms with Gasteiger partial charge in [-0.1, -0.05) is 24.3 Å². The molecule has 0 aliphatic heterocycles. The summed E-state index contributed by atoms with van der Waals surface area (Å²) in [5, 5.41) is 10.9. The molecule has 3 rings (SSSR count). The molecule has 27 heavy (non-hydrogen) atoms. The van der Waals surface area contributed by atoms with Gasteiger partial charge in [-0.25, -0.2) is 5.43 Å². The van der Waals surface area contributed by atoms with Crippen LogP contribution in [0.25, 0.3) is 11.3 Å². The summed E-state index contributed by atoms with van der Waals surface area (Å²) in [6, 6.07) is 17.0. The number of amides is 1. The van der Waals surface area contributed by atoms with Crippen molar-refractivity contribution in [2.45, 2.75) is 0 Å². The molecule has 2 aromatic carbocycles. The lowest BCUT2D eigenvalue weighted by molar-refractivity contribution is 0.0950. The van der Waals surface area contributed by atoms with Gasteiger partial charge >= 0.3 is 0 Å². The van der Waals surface area contributed by atoms with E-state index < -0.39 is 0 Å². The van der Waals surface area contributed by atoms with Crippen molar-refractivity contribution in [2.24, 2.45) is 5.10 Å². The van der Waals surface area contributed by atoms with Crippen LogP contribution in [0, 0.1) is 0 Å². The van der Waals surface area contributed by atoms with Gasteiger partial charge in [0.25, 0.3) is 5.91 Å². The molecule has 0 unspecified atom stereocenters. The van der Waals surface area contributed by atoms with Crippen LogP contribution in [0.4, 0.5) is 5.69 Å². The molecule has 0 aliphatic carbocycles. The molecule has 0 atom stereocenters. The number of nitrogens with one attached hydrogen (secondary N) is 2. The number of carbonyl (C=O) groups is 1. The van der Waals surface area contributed by atoms with E-state index >= 15 is 0 Å². The van der Waals surface area contributed by atoms with E-state index in [1.165, 1.54) is 0 Å². The quantitative estimate of drug-likeness (QED) is 0.521. The molecule has 0 aliphatic rings. The summed E-state index contributed by atoms with van der Waals surface area (Å²) in [4.78, 5) is 14.2. The van der Waals surface area contributed by atoms with Crippen molar-refractivity contribution in [1.29, 1.82) is 0 Å². The Hall–Kier alpha value is -3.61. The second kappa shape index (κ2) is 8.18. The molecule has 1 heterocycles. The summed E-state index contributed by atoms with van der Waals surface area (Å²) < 4.78 is 5.21. The fourth-order valence-electron chi connectivity index (χ4n) is 2.45. The van der Waals surface area contributed by atoms with Crippen LogP contribution in [-0.2, 0) is 0 Å². The summed E-state index contributed by atoms with van der Waals surface area (Å²) >= 11 is 0. The van der Waals surface area contributed by atoms with Gasteiger partial charge in [0, 0.05) is 25.3 Å². The van der Waals surface area contributed by atoms with E-state index in [2.05, 4.69) is 20.7 Å². The van der Waals surface area contributed by atoms with E-state index in [-0.39, 0.29) is 5.91 Å². The van der Waals surface area contributed by atoms with Crippen LogP contribution in [0.5, 0.6) is 5.75 Å². The van der Waals surface area contributed by atoms with Crippen molar-refractivity contribution in [3.8, 4) is 17.0 Å². The van der Waals surface area contributed by atoms with Crippen molar-refractivity contribution in [3.63, 3.8) is 0 Å². The van der Waals surface area contributed by atoms with Crippen LogP contribution in [-0.4, -0.2) is 43.5 Å². The van der Waals surface area contributed by atoms with Gasteiger partial charge in [0.2, 0.25) is 0 Å². The van der Waals surface area contributed by atoms with Crippen molar-refractivity contribution in [1.82, 2.24) is 15.6 Å². The number of hydrazone groups is 1. The zero-order valence-electron chi connectivity index (χ0n) is 15.4. The van der Waals surface area contributed by atoms with Crippen LogP contribution >= 0.6 is 0 Å². The molecule has 0 bridgehead atoms. The highest BCUT2D eigenvalue weighted by Crippen LogP contribution is 2.22. The summed E-state index contributed by atoms with van der Waals surface area (Å²) in [5.74, 6) is 0.365. The first-order valence-electron chi connectivity index (χ1n) is 8.37. The number of H-pyrrole nitrogens is 1. The summed E-state index contributed by atoms with van der Waals surface area (Å²) in [6.07, 6.45) is 1.59. The zero-order valence-corrected chi connectivity index (χ0v) is 15.4. The highest BCUT2D eigenvalue weighted by Gasteiger charge is 2.10. The first kappa shape index (κ1) is 18.2. The van der Waals surface area contributed by atoms with Gasteiger partial charge in [0.15, 0.2) is 0 Å². The molecule has 1 amide bonds. The van der Waals surface area contributed by atoms with Crippen molar-refractivity contribution >= 4 is 17.8 Å². The highest BCUT2D eigenvalue weighted by atomic mass is 16.5. The number of anilines is 1. The number of aromatic amines is 1. The second-order valence-corrected chi connectivity index (χ2v) is 6.08. The third-order valence-corrected chi connectivity index (χ3v) is 3.98. The molecule has 2 N–H and O–H groups in total. The summed E-state index contributed by atoms with van der Waals surface area (Å²) in [6.45, 7) is 0. The van der Waals surface area contributed by atoms with Crippen LogP contribution in [0.2, 0.25) is 0 Å². The molecular weight excluding hydrogens is 342 g/mol. The number of hydrogen-bond donors (Lipinski definition) is 2. The smallest absolute Gasteiger partial charge is 0.289 e. The first-order valence-corrected chi connectivity index (χ1v) is 8.37. The largest absolute Gasteiger partial charge is 0.497 e. The minimum atomic E-state index is -0.363. The van der Waals surface area contributed by atoms with Gasteiger partial charge in [-0.3, -0.25) is 9.89 Å². The van der Waals surface area contributed by atoms with Crippen LogP contribution in [0.15, 0.2) is 59.7 Å². The van der Waals surface area contributed by atoms with Crippen LogP contribution < -0.4 is 15.1 Å². The highest BCUT2D eigenvalue weighted by molar-refractivity contribution is 5.94. The zero-order chi connectivity index (χ0) is 19.2. The maximum atomic E-state index is 12.2. The van der Waals surface area contributed by atoms with E-state index in [1.807, 2.05) is 67.5 Å². The number of rotatable bonds is 6. The Morgan fingerprint density at radius 3 is 2.67 bits per heavy atom. The Morgan fingerprint density at radius 2 is 1.96 bits per heavy atom. The Kier molecular flexibility index (Phi) is 5.51. The fourth-order valence-corrected chi connectivity index (χ4v) is 2.45. The second-order valence-electron chi connectivity index (χ2n) is 6.08. The molecule has 0 saturated heterocycles. The van der Waals surface area contributed by atoms with Crippen LogP contribution in [0.1, 0.15) is 16.1 Å². The molecule has 1 aromatic heterocycles. The number of benzene rings is 2. The molecule has 0 radical (unpaired) electrons. The number of ether oxygens (including phenoxy) is 1. The van der Waals surface area contributed by atoms with E-state index in [0.29, 0.717) is 11.4 Å². The predicted octanol–water partition coefficient (Wildman–Crippen LogP) is 2.92. The Balaban J connectivity index is 1.64. The normalized spacial score (nSPS) is 10.8. The van der Waals surface area contributed by atoms with Gasteiger partial charge in [-0.15, -0.1) is 0 Å². The Labute approximate surface area is 157 Å².